The largest absolute Gasteiger partial charge is 0.466 e. The summed E-state index contributed by atoms with van der Waals surface area (Å²) in [7, 11) is 1.33. The first-order valence-electron chi connectivity index (χ1n) is 6.73. The Labute approximate surface area is 137 Å². The maximum atomic E-state index is 12.3. The number of carbonyl (C=O) groups excluding carboxylic acids is 2. The molecule has 0 saturated heterocycles. The van der Waals surface area contributed by atoms with Crippen molar-refractivity contribution in [3.8, 4) is 0 Å². The number of nitrogens with zero attached hydrogens (tertiary/aromatic N) is 1. The molecule has 0 bridgehead atoms. The van der Waals surface area contributed by atoms with E-state index in [9.17, 15) is 9.59 Å². The van der Waals surface area contributed by atoms with Gasteiger partial charge in [-0.25, -0.2) is 9.59 Å². The van der Waals surface area contributed by atoms with Gasteiger partial charge in [0, 0.05) is 16.7 Å². The summed E-state index contributed by atoms with van der Waals surface area (Å²) in [6.07, 6.45) is 1.61. The fourth-order valence-corrected chi connectivity index (χ4v) is 2.96. The van der Waals surface area contributed by atoms with E-state index >= 15 is 0 Å². The standard InChI is InChI=1S/C16H17BrN2O3/c1-4-9-19-10(2)13(15(20)22-3)14(18-16(19)21)11-7-5-6-8-12(11)17/h4-8,14H,1,9H2,2-3H3,(H,18,21). The number of nitrogens with one attached hydrogen (secondary N) is 1. The van der Waals surface area contributed by atoms with Crippen LogP contribution in [0.3, 0.4) is 0 Å². The monoisotopic (exact) mass is 364 g/mol. The third-order valence-corrected chi connectivity index (χ3v) is 4.25. The highest BCUT2D eigenvalue weighted by Crippen LogP contribution is 2.34. The number of benzene rings is 1. The molecule has 0 fully saturated rings. The van der Waals surface area contributed by atoms with Gasteiger partial charge in [-0.2, -0.15) is 0 Å². The Morgan fingerprint density at radius 2 is 2.18 bits per heavy atom. The molecule has 1 heterocycles. The number of ether oxygens (including phenoxy) is 1. The number of hydrogen-bond donors (Lipinski definition) is 1. The lowest BCUT2D eigenvalue weighted by molar-refractivity contribution is -0.136. The number of esters is 1. The van der Waals surface area contributed by atoms with Crippen molar-refractivity contribution in [2.45, 2.75) is 13.0 Å². The number of carbonyl (C=O) groups is 2. The quantitative estimate of drug-likeness (QED) is 0.659. The van der Waals surface area contributed by atoms with Crippen molar-refractivity contribution < 1.29 is 14.3 Å². The Kier molecular flexibility index (Phi) is 5.03. The second-order valence-electron chi connectivity index (χ2n) is 4.79. The van der Waals surface area contributed by atoms with Gasteiger partial charge >= 0.3 is 12.0 Å². The van der Waals surface area contributed by atoms with E-state index in [-0.39, 0.29) is 6.03 Å². The van der Waals surface area contributed by atoms with Crippen LogP contribution in [0.25, 0.3) is 0 Å². The summed E-state index contributed by atoms with van der Waals surface area (Å²) in [4.78, 5) is 26.0. The molecule has 1 aliphatic heterocycles. The van der Waals surface area contributed by atoms with Crippen LogP contribution < -0.4 is 5.32 Å². The van der Waals surface area contributed by atoms with Crippen LogP contribution in [0.4, 0.5) is 4.79 Å². The highest BCUT2D eigenvalue weighted by Gasteiger charge is 2.36. The van der Waals surface area contributed by atoms with E-state index in [1.165, 1.54) is 12.0 Å². The average molecular weight is 365 g/mol. The number of hydrogen-bond acceptors (Lipinski definition) is 3. The van der Waals surface area contributed by atoms with E-state index in [2.05, 4.69) is 27.8 Å². The number of halogens is 1. The minimum Gasteiger partial charge on any atom is -0.466 e. The number of methoxy groups -OCH3 is 1. The van der Waals surface area contributed by atoms with Gasteiger partial charge in [-0.05, 0) is 18.6 Å². The molecule has 116 valence electrons. The molecule has 0 saturated carbocycles. The summed E-state index contributed by atoms with van der Waals surface area (Å²) in [5, 5.41) is 2.85. The van der Waals surface area contributed by atoms with Gasteiger partial charge in [0.1, 0.15) is 0 Å². The molecule has 0 radical (unpaired) electrons. The molecule has 0 aliphatic carbocycles. The molecule has 6 heteroatoms. The lowest BCUT2D eigenvalue weighted by Crippen LogP contribution is -2.48. The summed E-state index contributed by atoms with van der Waals surface area (Å²) in [5.41, 5.74) is 1.78. The first-order chi connectivity index (χ1) is 10.5. The Balaban J connectivity index is 2.58. The van der Waals surface area contributed by atoms with Crippen LogP contribution in [0.1, 0.15) is 18.5 Å². The molecule has 1 atom stereocenters. The highest BCUT2D eigenvalue weighted by atomic mass is 79.9. The van der Waals surface area contributed by atoms with Gasteiger partial charge in [-0.1, -0.05) is 40.2 Å². The summed E-state index contributed by atoms with van der Waals surface area (Å²) in [6.45, 7) is 5.69. The van der Waals surface area contributed by atoms with Gasteiger partial charge < -0.3 is 10.1 Å². The SMILES string of the molecule is C=CCN1C(=O)NC(c2ccccc2Br)C(C(=O)OC)=C1C. The molecule has 2 rings (SSSR count). The van der Waals surface area contributed by atoms with Crippen molar-refractivity contribution in [2.24, 2.45) is 0 Å². The zero-order chi connectivity index (χ0) is 16.3. The summed E-state index contributed by atoms with van der Waals surface area (Å²) < 4.78 is 5.71. The maximum Gasteiger partial charge on any atom is 0.337 e. The Morgan fingerprint density at radius 1 is 1.50 bits per heavy atom. The second kappa shape index (κ2) is 6.79. The summed E-state index contributed by atoms with van der Waals surface area (Å²) in [5.74, 6) is -0.465. The van der Waals surface area contributed by atoms with Crippen LogP contribution in [0.2, 0.25) is 0 Å². The van der Waals surface area contributed by atoms with Crippen LogP contribution in [0.15, 0.2) is 52.7 Å². The van der Waals surface area contributed by atoms with Crippen LogP contribution in [-0.2, 0) is 9.53 Å². The first-order valence-corrected chi connectivity index (χ1v) is 7.53. The molecule has 1 aromatic carbocycles. The molecular formula is C16H17BrN2O3. The van der Waals surface area contributed by atoms with Crippen molar-refractivity contribution in [1.82, 2.24) is 10.2 Å². The van der Waals surface area contributed by atoms with Gasteiger partial charge in [-0.3, -0.25) is 4.90 Å². The number of amides is 2. The molecule has 1 N–H and O–H groups in total. The van der Waals surface area contributed by atoms with Gasteiger partial charge in [-0.15, -0.1) is 6.58 Å². The average Bonchev–Trinajstić information content (AvgIpc) is 2.50. The zero-order valence-electron chi connectivity index (χ0n) is 12.4. The van der Waals surface area contributed by atoms with Crippen LogP contribution in [0.5, 0.6) is 0 Å². The van der Waals surface area contributed by atoms with E-state index in [0.717, 1.165) is 10.0 Å². The maximum absolute atomic E-state index is 12.3. The van der Waals surface area contributed by atoms with E-state index in [0.29, 0.717) is 17.8 Å². The van der Waals surface area contributed by atoms with E-state index in [1.54, 1.807) is 13.0 Å². The van der Waals surface area contributed by atoms with Crippen molar-refractivity contribution >= 4 is 27.9 Å². The second-order valence-corrected chi connectivity index (χ2v) is 5.65. The smallest absolute Gasteiger partial charge is 0.337 e. The molecule has 22 heavy (non-hydrogen) atoms. The van der Waals surface area contributed by atoms with E-state index in [4.69, 9.17) is 4.74 Å². The summed E-state index contributed by atoms with van der Waals surface area (Å²) in [6, 6.07) is 6.61. The van der Waals surface area contributed by atoms with Gasteiger partial charge in [0.05, 0.1) is 18.7 Å². The van der Waals surface area contributed by atoms with Crippen molar-refractivity contribution in [1.29, 1.82) is 0 Å². The Morgan fingerprint density at radius 3 is 2.77 bits per heavy atom. The molecule has 0 spiro atoms. The Bertz CT molecular complexity index is 655. The topological polar surface area (TPSA) is 58.6 Å². The van der Waals surface area contributed by atoms with Crippen molar-refractivity contribution in [2.75, 3.05) is 13.7 Å². The summed E-state index contributed by atoms with van der Waals surface area (Å²) >= 11 is 3.46. The molecular weight excluding hydrogens is 348 g/mol. The number of rotatable bonds is 4. The first kappa shape index (κ1) is 16.3. The van der Waals surface area contributed by atoms with Gasteiger partial charge in [0.2, 0.25) is 0 Å². The predicted molar refractivity (Wildman–Crippen MR) is 87.0 cm³/mol. The molecule has 1 unspecified atom stereocenters. The van der Waals surface area contributed by atoms with Crippen LogP contribution in [0, 0.1) is 0 Å². The molecule has 1 aliphatic rings. The molecule has 2 amide bonds. The third kappa shape index (κ3) is 2.92. The third-order valence-electron chi connectivity index (χ3n) is 3.53. The van der Waals surface area contributed by atoms with Crippen molar-refractivity contribution in [3.05, 3.63) is 58.2 Å². The fraction of sp³-hybridized carbons (Fsp3) is 0.250. The van der Waals surface area contributed by atoms with Crippen LogP contribution >= 0.6 is 15.9 Å². The minimum absolute atomic E-state index is 0.272. The molecule has 0 aromatic heterocycles. The predicted octanol–water partition coefficient (Wildman–Crippen LogP) is 3.15. The van der Waals surface area contributed by atoms with Gasteiger partial charge in [0.25, 0.3) is 0 Å². The highest BCUT2D eigenvalue weighted by molar-refractivity contribution is 9.10. The number of urea groups is 1. The Hall–Kier alpha value is -2.08. The molecule has 1 aromatic rings. The van der Waals surface area contributed by atoms with Crippen molar-refractivity contribution in [3.63, 3.8) is 0 Å². The lowest BCUT2D eigenvalue weighted by Gasteiger charge is -2.35. The minimum atomic E-state index is -0.559. The van der Waals surface area contributed by atoms with Crippen LogP contribution in [-0.4, -0.2) is 30.6 Å². The normalized spacial score (nSPS) is 18.0. The fourth-order valence-electron chi connectivity index (χ4n) is 2.45. The lowest BCUT2D eigenvalue weighted by atomic mass is 9.95. The zero-order valence-corrected chi connectivity index (χ0v) is 14.0. The van der Waals surface area contributed by atoms with E-state index < -0.39 is 12.0 Å². The molecule has 5 nitrogen and oxygen atoms in total. The van der Waals surface area contributed by atoms with Gasteiger partial charge in [0.15, 0.2) is 0 Å². The van der Waals surface area contributed by atoms with E-state index in [1.807, 2.05) is 24.3 Å². The number of allylic oxidation sites excluding steroid dienone is 1.